The summed E-state index contributed by atoms with van der Waals surface area (Å²) < 4.78 is 16.8. The molecule has 1 aromatic carbocycles. The number of benzene rings is 1. The molecule has 1 saturated carbocycles. The standard InChI is InChI=1S/C19H20FN3O2S/c1-2-14-22-17-16-12(20)8-5-9-13(16)26-18(17)19(25)23(14)10-15(24)21-11-6-3-4-7-11/h5,8-9,11H,2-4,6-7,10H2,1H3,(H,21,24). The highest BCUT2D eigenvalue weighted by molar-refractivity contribution is 7.25. The van der Waals surface area contributed by atoms with Gasteiger partial charge in [-0.2, -0.15) is 0 Å². The minimum Gasteiger partial charge on any atom is -0.352 e. The highest BCUT2D eigenvalue weighted by Crippen LogP contribution is 2.32. The van der Waals surface area contributed by atoms with E-state index in [9.17, 15) is 14.0 Å². The fraction of sp³-hybridized carbons (Fsp3) is 0.421. The molecule has 0 radical (unpaired) electrons. The number of hydrogen-bond acceptors (Lipinski definition) is 4. The molecule has 0 unspecified atom stereocenters. The molecule has 1 N–H and O–H groups in total. The molecule has 2 aromatic heterocycles. The predicted molar refractivity (Wildman–Crippen MR) is 101 cm³/mol. The molecule has 7 heteroatoms. The van der Waals surface area contributed by atoms with Crippen molar-refractivity contribution in [3.63, 3.8) is 0 Å². The normalized spacial score (nSPS) is 15.2. The van der Waals surface area contributed by atoms with Crippen LogP contribution in [0.15, 0.2) is 23.0 Å². The van der Waals surface area contributed by atoms with E-state index in [2.05, 4.69) is 10.3 Å². The number of amides is 1. The van der Waals surface area contributed by atoms with Crippen molar-refractivity contribution in [3.8, 4) is 0 Å². The zero-order valence-corrected chi connectivity index (χ0v) is 15.4. The fourth-order valence-corrected chi connectivity index (χ4v) is 4.80. The van der Waals surface area contributed by atoms with Crippen LogP contribution in [-0.2, 0) is 17.8 Å². The summed E-state index contributed by atoms with van der Waals surface area (Å²) in [6.45, 7) is 1.84. The van der Waals surface area contributed by atoms with Gasteiger partial charge in [0.2, 0.25) is 5.91 Å². The maximum atomic E-state index is 14.2. The van der Waals surface area contributed by atoms with E-state index in [0.717, 1.165) is 25.7 Å². The Morgan fingerprint density at radius 1 is 1.38 bits per heavy atom. The van der Waals surface area contributed by atoms with Crippen molar-refractivity contribution in [3.05, 3.63) is 40.2 Å². The lowest BCUT2D eigenvalue weighted by Crippen LogP contribution is -2.38. The maximum Gasteiger partial charge on any atom is 0.272 e. The molecule has 1 aliphatic carbocycles. The second-order valence-corrected chi connectivity index (χ2v) is 7.77. The highest BCUT2D eigenvalue weighted by atomic mass is 32.1. The summed E-state index contributed by atoms with van der Waals surface area (Å²) in [7, 11) is 0. The van der Waals surface area contributed by atoms with Gasteiger partial charge in [-0.05, 0) is 25.0 Å². The number of aromatic nitrogens is 2. The number of nitrogens with one attached hydrogen (secondary N) is 1. The smallest absolute Gasteiger partial charge is 0.272 e. The Bertz CT molecular complexity index is 1050. The molecule has 0 saturated heterocycles. The van der Waals surface area contributed by atoms with E-state index < -0.39 is 0 Å². The maximum absolute atomic E-state index is 14.2. The van der Waals surface area contributed by atoms with Crippen molar-refractivity contribution < 1.29 is 9.18 Å². The third-order valence-electron chi connectivity index (χ3n) is 4.97. The Kier molecular flexibility index (Phi) is 4.48. The van der Waals surface area contributed by atoms with Crippen molar-refractivity contribution >= 4 is 37.5 Å². The minimum atomic E-state index is -0.376. The average Bonchev–Trinajstić information content (AvgIpc) is 3.25. The van der Waals surface area contributed by atoms with E-state index in [1.807, 2.05) is 6.92 Å². The Morgan fingerprint density at radius 2 is 2.15 bits per heavy atom. The molecule has 5 nitrogen and oxygen atoms in total. The summed E-state index contributed by atoms with van der Waals surface area (Å²) in [5.41, 5.74) is 0.131. The van der Waals surface area contributed by atoms with Crippen molar-refractivity contribution in [2.45, 2.75) is 51.6 Å². The first-order valence-corrected chi connectivity index (χ1v) is 9.80. The Morgan fingerprint density at radius 3 is 2.88 bits per heavy atom. The van der Waals surface area contributed by atoms with Crippen LogP contribution in [-0.4, -0.2) is 21.5 Å². The van der Waals surface area contributed by atoms with Crippen LogP contribution in [0.2, 0.25) is 0 Å². The number of fused-ring (bicyclic) bond motifs is 3. The first-order chi connectivity index (χ1) is 12.6. The zero-order chi connectivity index (χ0) is 18.3. The van der Waals surface area contributed by atoms with Gasteiger partial charge in [-0.1, -0.05) is 25.8 Å². The lowest BCUT2D eigenvalue weighted by molar-refractivity contribution is -0.122. The largest absolute Gasteiger partial charge is 0.352 e. The number of carbonyl (C=O) groups excluding carboxylic acids is 1. The molecule has 1 aliphatic rings. The topological polar surface area (TPSA) is 64.0 Å². The molecule has 4 rings (SSSR count). The first kappa shape index (κ1) is 17.1. The monoisotopic (exact) mass is 373 g/mol. The van der Waals surface area contributed by atoms with E-state index in [4.69, 9.17) is 0 Å². The van der Waals surface area contributed by atoms with E-state index in [1.54, 1.807) is 12.1 Å². The molecule has 0 bridgehead atoms. The molecule has 0 aliphatic heterocycles. The van der Waals surface area contributed by atoms with Crippen molar-refractivity contribution in [2.75, 3.05) is 0 Å². The fourth-order valence-electron chi connectivity index (χ4n) is 3.69. The van der Waals surface area contributed by atoms with Crippen LogP contribution >= 0.6 is 11.3 Å². The summed E-state index contributed by atoms with van der Waals surface area (Å²) in [6, 6.07) is 5.00. The number of nitrogens with zero attached hydrogens (tertiary/aromatic N) is 2. The van der Waals surface area contributed by atoms with Gasteiger partial charge in [0, 0.05) is 17.2 Å². The van der Waals surface area contributed by atoms with Gasteiger partial charge in [-0.25, -0.2) is 9.37 Å². The van der Waals surface area contributed by atoms with Crippen LogP contribution in [0.3, 0.4) is 0 Å². The number of hydrogen-bond donors (Lipinski definition) is 1. The van der Waals surface area contributed by atoms with Gasteiger partial charge in [0.1, 0.15) is 22.9 Å². The van der Waals surface area contributed by atoms with Crippen molar-refractivity contribution in [2.24, 2.45) is 0 Å². The van der Waals surface area contributed by atoms with Gasteiger partial charge < -0.3 is 5.32 Å². The van der Waals surface area contributed by atoms with Gasteiger partial charge >= 0.3 is 0 Å². The van der Waals surface area contributed by atoms with Crippen LogP contribution in [0.4, 0.5) is 4.39 Å². The van der Waals surface area contributed by atoms with Crippen LogP contribution in [0.25, 0.3) is 20.3 Å². The lowest BCUT2D eigenvalue weighted by atomic mass is 10.2. The SMILES string of the molecule is CCc1nc2c(sc3cccc(F)c32)c(=O)n1CC(=O)NC1CCCC1. The molecular weight excluding hydrogens is 353 g/mol. The predicted octanol–water partition coefficient (Wildman–Crippen LogP) is 3.37. The Balaban J connectivity index is 1.78. The quantitative estimate of drug-likeness (QED) is 0.763. The molecule has 3 aromatic rings. The third kappa shape index (κ3) is 2.90. The minimum absolute atomic E-state index is 0.0435. The number of halogens is 1. The number of thiophene rings is 1. The van der Waals surface area contributed by atoms with Gasteiger partial charge in [-0.15, -0.1) is 11.3 Å². The van der Waals surface area contributed by atoms with Gasteiger partial charge in [0.05, 0.1) is 10.9 Å². The molecule has 26 heavy (non-hydrogen) atoms. The molecule has 1 fully saturated rings. The van der Waals surface area contributed by atoms with Crippen LogP contribution in [0, 0.1) is 5.82 Å². The van der Waals surface area contributed by atoms with Crippen LogP contribution < -0.4 is 10.9 Å². The number of rotatable bonds is 4. The molecule has 1 amide bonds. The van der Waals surface area contributed by atoms with Crippen LogP contribution in [0.1, 0.15) is 38.4 Å². The summed E-state index contributed by atoms with van der Waals surface area (Å²) in [6.07, 6.45) is 4.74. The summed E-state index contributed by atoms with van der Waals surface area (Å²) in [5.74, 6) is -0.0337. The Hall–Kier alpha value is -2.28. The van der Waals surface area contributed by atoms with Gasteiger partial charge in [0.25, 0.3) is 5.56 Å². The summed E-state index contributed by atoms with van der Waals surface area (Å²) in [4.78, 5) is 29.9. The van der Waals surface area contributed by atoms with Crippen molar-refractivity contribution in [1.82, 2.24) is 14.9 Å². The third-order valence-corrected chi connectivity index (χ3v) is 6.10. The average molecular weight is 373 g/mol. The van der Waals surface area contributed by atoms with E-state index in [0.29, 0.717) is 32.5 Å². The van der Waals surface area contributed by atoms with E-state index in [1.165, 1.54) is 22.0 Å². The summed E-state index contributed by atoms with van der Waals surface area (Å²) in [5, 5.41) is 3.40. The molecule has 136 valence electrons. The molecule has 2 heterocycles. The number of aryl methyl sites for hydroxylation is 1. The van der Waals surface area contributed by atoms with Gasteiger partial charge in [0.15, 0.2) is 0 Å². The van der Waals surface area contributed by atoms with Crippen LogP contribution in [0.5, 0.6) is 0 Å². The lowest BCUT2D eigenvalue weighted by Gasteiger charge is -2.14. The molecule has 0 spiro atoms. The highest BCUT2D eigenvalue weighted by Gasteiger charge is 2.21. The van der Waals surface area contributed by atoms with Gasteiger partial charge in [-0.3, -0.25) is 14.2 Å². The Labute approximate surface area is 153 Å². The first-order valence-electron chi connectivity index (χ1n) is 8.98. The molecule has 0 atom stereocenters. The number of carbonyl (C=O) groups is 1. The van der Waals surface area contributed by atoms with Crippen molar-refractivity contribution in [1.29, 1.82) is 0 Å². The second kappa shape index (κ2) is 6.79. The van der Waals surface area contributed by atoms with E-state index >= 15 is 0 Å². The second-order valence-electron chi connectivity index (χ2n) is 6.71. The van der Waals surface area contributed by atoms with E-state index in [-0.39, 0.29) is 29.9 Å². The zero-order valence-electron chi connectivity index (χ0n) is 14.5. The molecular formula is C19H20FN3O2S. The summed E-state index contributed by atoms with van der Waals surface area (Å²) >= 11 is 1.23.